The topological polar surface area (TPSA) is 103 Å². The van der Waals surface area contributed by atoms with E-state index in [4.69, 9.17) is 33.0 Å². The summed E-state index contributed by atoms with van der Waals surface area (Å²) in [5.74, 6) is -0.668. The Morgan fingerprint density at radius 2 is 1.97 bits per heavy atom. The van der Waals surface area contributed by atoms with Crippen LogP contribution >= 0.6 is 23.2 Å². The number of aromatic nitrogens is 1. The van der Waals surface area contributed by atoms with Crippen LogP contribution < -0.4 is 5.56 Å². The Balaban J connectivity index is 1.64. The summed E-state index contributed by atoms with van der Waals surface area (Å²) in [5.41, 5.74) is 3.53. The summed E-state index contributed by atoms with van der Waals surface area (Å²) >= 11 is 13.4. The van der Waals surface area contributed by atoms with E-state index in [1.165, 1.54) is 0 Å². The molecule has 2 aliphatic heterocycles. The number of methoxy groups -OCH3 is 1. The third-order valence-corrected chi connectivity index (χ3v) is 7.45. The average Bonchev–Trinajstić information content (AvgIpc) is 2.76. The SMILES string of the molecule is COC(c1cc(Cl)c2c(c1Cl)C(=O)N(Cc1c(C)cc(C)[nH]c1=O)CC2)C1CN(C(=O)CO)C1. The van der Waals surface area contributed by atoms with E-state index in [-0.39, 0.29) is 34.9 Å². The van der Waals surface area contributed by atoms with Crippen molar-refractivity contribution in [3.8, 4) is 0 Å². The smallest absolute Gasteiger partial charge is 0.256 e. The molecule has 2 N–H and O–H groups in total. The zero-order chi connectivity index (χ0) is 24.7. The van der Waals surface area contributed by atoms with Crippen LogP contribution in [0.25, 0.3) is 0 Å². The number of nitrogens with zero attached hydrogens (tertiary/aromatic N) is 2. The second-order valence-corrected chi connectivity index (χ2v) is 9.69. The van der Waals surface area contributed by atoms with Crippen molar-refractivity contribution in [2.45, 2.75) is 32.9 Å². The Kier molecular flexibility index (Phi) is 7.05. The fourth-order valence-corrected chi connectivity index (χ4v) is 5.53. The van der Waals surface area contributed by atoms with Gasteiger partial charge in [0.15, 0.2) is 0 Å². The molecule has 1 fully saturated rings. The number of hydrogen-bond donors (Lipinski definition) is 2. The zero-order valence-electron chi connectivity index (χ0n) is 19.3. The number of amides is 2. The Labute approximate surface area is 207 Å². The van der Waals surface area contributed by atoms with Crippen LogP contribution in [-0.2, 0) is 22.5 Å². The van der Waals surface area contributed by atoms with Gasteiger partial charge in [-0.2, -0.15) is 0 Å². The number of nitrogens with one attached hydrogen (secondary N) is 1. The van der Waals surface area contributed by atoms with E-state index in [0.29, 0.717) is 53.3 Å². The molecule has 0 saturated carbocycles. The van der Waals surface area contributed by atoms with Gasteiger partial charge in [0.05, 0.1) is 23.2 Å². The third-order valence-electron chi connectivity index (χ3n) is 6.71. The van der Waals surface area contributed by atoms with Crippen molar-refractivity contribution in [3.63, 3.8) is 0 Å². The molecular formula is C24H27Cl2N3O5. The summed E-state index contributed by atoms with van der Waals surface area (Å²) in [4.78, 5) is 43.7. The number of rotatable bonds is 6. The van der Waals surface area contributed by atoms with E-state index in [0.717, 1.165) is 11.3 Å². The molecule has 1 aromatic heterocycles. The first-order chi connectivity index (χ1) is 16.2. The lowest BCUT2D eigenvalue weighted by molar-refractivity contribution is -0.144. The number of ether oxygens (including phenoxy) is 1. The summed E-state index contributed by atoms with van der Waals surface area (Å²) in [6.07, 6.45) is 0.0474. The number of hydrogen-bond acceptors (Lipinski definition) is 5. The van der Waals surface area contributed by atoms with Gasteiger partial charge in [-0.1, -0.05) is 23.2 Å². The van der Waals surface area contributed by atoms with E-state index in [1.54, 1.807) is 23.0 Å². The fraction of sp³-hybridized carbons (Fsp3) is 0.458. The van der Waals surface area contributed by atoms with Gasteiger partial charge in [0, 0.05) is 54.5 Å². The minimum atomic E-state index is -0.538. The molecule has 182 valence electrons. The highest BCUT2D eigenvalue weighted by Crippen LogP contribution is 2.42. The normalized spacial score (nSPS) is 16.9. The van der Waals surface area contributed by atoms with Gasteiger partial charge >= 0.3 is 0 Å². The number of pyridine rings is 1. The molecule has 34 heavy (non-hydrogen) atoms. The molecule has 0 aliphatic carbocycles. The quantitative estimate of drug-likeness (QED) is 0.625. The molecule has 8 nitrogen and oxygen atoms in total. The summed E-state index contributed by atoms with van der Waals surface area (Å²) in [6, 6.07) is 3.62. The van der Waals surface area contributed by atoms with Crippen LogP contribution in [0.15, 0.2) is 16.9 Å². The highest BCUT2D eigenvalue weighted by molar-refractivity contribution is 6.37. The number of carbonyl (C=O) groups is 2. The fourth-order valence-electron chi connectivity index (χ4n) is 4.86. The van der Waals surface area contributed by atoms with Crippen molar-refractivity contribution in [2.24, 2.45) is 5.92 Å². The standard InChI is InChI=1S/C24H27Cl2N3O5/c1-12-6-13(2)27-23(32)17(12)10-28-5-4-15-18(25)7-16(21(26)20(15)24(28)33)22(34-3)14-8-29(9-14)19(31)11-30/h6-7,14,22,30H,4-5,8-11H2,1-3H3,(H,27,32). The number of halogens is 2. The Bertz CT molecular complexity index is 1210. The summed E-state index contributed by atoms with van der Waals surface area (Å²) < 4.78 is 5.72. The molecule has 2 aliphatic rings. The monoisotopic (exact) mass is 507 g/mol. The largest absolute Gasteiger partial charge is 0.387 e. The van der Waals surface area contributed by atoms with Crippen LogP contribution in [0.2, 0.25) is 10.0 Å². The van der Waals surface area contributed by atoms with Crippen molar-refractivity contribution in [1.29, 1.82) is 0 Å². The lowest BCUT2D eigenvalue weighted by Gasteiger charge is -2.43. The van der Waals surface area contributed by atoms with Crippen molar-refractivity contribution >= 4 is 35.0 Å². The van der Waals surface area contributed by atoms with Gasteiger partial charge in [0.25, 0.3) is 11.5 Å². The van der Waals surface area contributed by atoms with Crippen molar-refractivity contribution in [1.82, 2.24) is 14.8 Å². The number of carbonyl (C=O) groups excluding carboxylic acids is 2. The maximum Gasteiger partial charge on any atom is 0.256 e. The molecule has 4 rings (SSSR count). The number of aliphatic hydroxyl groups is 1. The number of likely N-dealkylation sites (tertiary alicyclic amines) is 1. The Morgan fingerprint density at radius 1 is 1.26 bits per heavy atom. The van der Waals surface area contributed by atoms with Crippen molar-refractivity contribution < 1.29 is 19.4 Å². The van der Waals surface area contributed by atoms with Gasteiger partial charge in [0.1, 0.15) is 6.61 Å². The van der Waals surface area contributed by atoms with Gasteiger partial charge in [0.2, 0.25) is 5.91 Å². The Morgan fingerprint density at radius 3 is 2.59 bits per heavy atom. The highest BCUT2D eigenvalue weighted by Gasteiger charge is 2.40. The van der Waals surface area contributed by atoms with E-state index in [9.17, 15) is 14.4 Å². The first-order valence-electron chi connectivity index (χ1n) is 11.1. The molecule has 1 atom stereocenters. The summed E-state index contributed by atoms with van der Waals surface area (Å²) in [7, 11) is 1.55. The van der Waals surface area contributed by atoms with Crippen molar-refractivity contribution in [2.75, 3.05) is 33.4 Å². The molecule has 2 aromatic rings. The van der Waals surface area contributed by atoms with Gasteiger partial charge in [-0.25, -0.2) is 0 Å². The molecule has 0 radical (unpaired) electrons. The molecule has 1 unspecified atom stereocenters. The molecule has 1 saturated heterocycles. The minimum absolute atomic E-state index is 0.0457. The lowest BCUT2D eigenvalue weighted by Crippen LogP contribution is -2.53. The molecule has 0 bridgehead atoms. The van der Waals surface area contributed by atoms with Crippen molar-refractivity contribution in [3.05, 3.63) is 66.0 Å². The maximum absolute atomic E-state index is 13.5. The number of fused-ring (bicyclic) bond motifs is 1. The second kappa shape index (κ2) is 9.70. The molecule has 3 heterocycles. The lowest BCUT2D eigenvalue weighted by atomic mass is 9.86. The predicted octanol–water partition coefficient (Wildman–Crippen LogP) is 2.64. The van der Waals surface area contributed by atoms with Gasteiger partial charge in [-0.05, 0) is 43.5 Å². The van der Waals surface area contributed by atoms with E-state index >= 15 is 0 Å². The predicted molar refractivity (Wildman–Crippen MR) is 128 cm³/mol. The van der Waals surface area contributed by atoms with E-state index in [2.05, 4.69) is 4.98 Å². The van der Waals surface area contributed by atoms with Gasteiger partial charge < -0.3 is 24.6 Å². The number of aliphatic hydroxyl groups excluding tert-OH is 1. The Hall–Kier alpha value is -2.39. The maximum atomic E-state index is 13.5. The third kappa shape index (κ3) is 4.35. The molecular weight excluding hydrogens is 481 g/mol. The molecule has 1 aromatic carbocycles. The number of aryl methyl sites for hydroxylation is 2. The van der Waals surface area contributed by atoms with E-state index < -0.39 is 12.7 Å². The molecule has 10 heteroatoms. The van der Waals surface area contributed by atoms with Crippen LogP contribution in [0.5, 0.6) is 0 Å². The minimum Gasteiger partial charge on any atom is -0.387 e. The van der Waals surface area contributed by atoms with Crippen LogP contribution in [0, 0.1) is 19.8 Å². The van der Waals surface area contributed by atoms with Gasteiger partial charge in [-0.15, -0.1) is 0 Å². The summed E-state index contributed by atoms with van der Waals surface area (Å²) in [5, 5.41) is 9.79. The molecule has 2 amide bonds. The van der Waals surface area contributed by atoms with E-state index in [1.807, 2.05) is 19.9 Å². The van der Waals surface area contributed by atoms with Gasteiger partial charge in [-0.3, -0.25) is 14.4 Å². The second-order valence-electron chi connectivity index (χ2n) is 8.91. The number of benzene rings is 1. The number of H-pyrrole nitrogens is 1. The van der Waals surface area contributed by atoms with Crippen LogP contribution in [0.4, 0.5) is 0 Å². The van der Waals surface area contributed by atoms with Crippen LogP contribution in [-0.4, -0.2) is 65.1 Å². The highest BCUT2D eigenvalue weighted by atomic mass is 35.5. The number of aromatic amines is 1. The average molecular weight is 508 g/mol. The van der Waals surface area contributed by atoms with Crippen LogP contribution in [0.3, 0.4) is 0 Å². The first kappa shape index (κ1) is 24.7. The summed E-state index contributed by atoms with van der Waals surface area (Å²) in [6.45, 7) is 4.56. The first-order valence-corrected chi connectivity index (χ1v) is 11.8. The molecule has 0 spiro atoms. The zero-order valence-corrected chi connectivity index (χ0v) is 20.8. The van der Waals surface area contributed by atoms with Crippen LogP contribution in [0.1, 0.15) is 44.4 Å².